The third-order valence-corrected chi connectivity index (χ3v) is 4.48. The molecule has 0 N–H and O–H groups in total. The van der Waals surface area contributed by atoms with E-state index in [2.05, 4.69) is 4.98 Å². The molecular formula is C22H19FN4. The summed E-state index contributed by atoms with van der Waals surface area (Å²) in [5, 5.41) is 0. The van der Waals surface area contributed by atoms with Crippen LogP contribution in [0, 0.1) is 12.7 Å². The maximum absolute atomic E-state index is 13.4. The van der Waals surface area contributed by atoms with Crippen molar-refractivity contribution in [2.24, 2.45) is 0 Å². The van der Waals surface area contributed by atoms with E-state index in [1.807, 2.05) is 55.3 Å². The normalized spacial score (nSPS) is 10.9. The summed E-state index contributed by atoms with van der Waals surface area (Å²) in [6, 6.07) is 18.1. The number of hydrogen-bond acceptors (Lipinski definition) is 4. The lowest BCUT2D eigenvalue weighted by molar-refractivity contribution is 0.628. The number of hydrogen-bond donors (Lipinski definition) is 0. The third kappa shape index (κ3) is 3.49. The lowest BCUT2D eigenvalue weighted by Crippen LogP contribution is -2.20. The SMILES string of the molecule is Cc1cccc2nc(-c3ccc(F)cc3)c(N(C)Cc3ccccn3)nc12. The molecular weight excluding hydrogens is 339 g/mol. The van der Waals surface area contributed by atoms with Crippen LogP contribution in [0.3, 0.4) is 0 Å². The van der Waals surface area contributed by atoms with Gasteiger partial charge in [0, 0.05) is 18.8 Å². The fourth-order valence-electron chi connectivity index (χ4n) is 3.09. The van der Waals surface area contributed by atoms with Crippen molar-refractivity contribution in [2.75, 3.05) is 11.9 Å². The lowest BCUT2D eigenvalue weighted by Gasteiger charge is -2.21. The molecule has 2 heterocycles. The van der Waals surface area contributed by atoms with E-state index in [9.17, 15) is 4.39 Å². The number of aromatic nitrogens is 3. The molecule has 4 nitrogen and oxygen atoms in total. The van der Waals surface area contributed by atoms with Crippen LogP contribution < -0.4 is 4.90 Å². The number of halogens is 1. The van der Waals surface area contributed by atoms with Gasteiger partial charge in [0.1, 0.15) is 11.5 Å². The summed E-state index contributed by atoms with van der Waals surface area (Å²) in [4.78, 5) is 16.2. The molecule has 0 radical (unpaired) electrons. The Morgan fingerprint density at radius 3 is 2.48 bits per heavy atom. The average molecular weight is 358 g/mol. The summed E-state index contributed by atoms with van der Waals surface area (Å²) in [5.41, 5.74) is 5.26. The van der Waals surface area contributed by atoms with Gasteiger partial charge >= 0.3 is 0 Å². The van der Waals surface area contributed by atoms with Crippen molar-refractivity contribution in [2.45, 2.75) is 13.5 Å². The molecule has 0 atom stereocenters. The number of pyridine rings is 1. The van der Waals surface area contributed by atoms with Crippen LogP contribution >= 0.6 is 0 Å². The van der Waals surface area contributed by atoms with Crippen LogP contribution in [0.4, 0.5) is 10.2 Å². The summed E-state index contributed by atoms with van der Waals surface area (Å²) in [5.74, 6) is 0.473. The summed E-state index contributed by atoms with van der Waals surface area (Å²) in [7, 11) is 1.97. The molecule has 0 aliphatic heterocycles. The number of para-hydroxylation sites is 1. The van der Waals surface area contributed by atoms with Crippen LogP contribution in [0.1, 0.15) is 11.3 Å². The minimum absolute atomic E-state index is 0.272. The zero-order chi connectivity index (χ0) is 18.8. The van der Waals surface area contributed by atoms with E-state index in [1.54, 1.807) is 18.3 Å². The van der Waals surface area contributed by atoms with E-state index < -0.39 is 0 Å². The van der Waals surface area contributed by atoms with E-state index in [0.29, 0.717) is 6.54 Å². The van der Waals surface area contributed by atoms with Crippen molar-refractivity contribution in [1.82, 2.24) is 15.0 Å². The quantitative estimate of drug-likeness (QED) is 0.527. The summed E-state index contributed by atoms with van der Waals surface area (Å²) >= 11 is 0. The molecule has 2 aromatic heterocycles. The average Bonchev–Trinajstić information content (AvgIpc) is 2.69. The first kappa shape index (κ1) is 17.1. The van der Waals surface area contributed by atoms with Crippen molar-refractivity contribution in [3.8, 4) is 11.3 Å². The lowest BCUT2D eigenvalue weighted by atomic mass is 10.1. The van der Waals surface area contributed by atoms with Crippen molar-refractivity contribution in [3.05, 3.63) is 83.9 Å². The van der Waals surface area contributed by atoms with Gasteiger partial charge in [-0.15, -0.1) is 0 Å². The first-order valence-electron chi connectivity index (χ1n) is 8.76. The van der Waals surface area contributed by atoms with Crippen molar-refractivity contribution >= 4 is 16.9 Å². The summed E-state index contributed by atoms with van der Waals surface area (Å²) < 4.78 is 13.4. The molecule has 2 aromatic carbocycles. The molecule has 0 fully saturated rings. The van der Waals surface area contributed by atoms with E-state index in [4.69, 9.17) is 9.97 Å². The van der Waals surface area contributed by atoms with Crippen LogP contribution in [0.25, 0.3) is 22.3 Å². The maximum Gasteiger partial charge on any atom is 0.156 e. The second-order valence-corrected chi connectivity index (χ2v) is 6.52. The van der Waals surface area contributed by atoms with E-state index in [0.717, 1.165) is 39.4 Å². The number of aryl methyl sites for hydroxylation is 1. The molecule has 0 aliphatic rings. The van der Waals surface area contributed by atoms with E-state index in [1.165, 1.54) is 12.1 Å². The third-order valence-electron chi connectivity index (χ3n) is 4.48. The Kier molecular flexibility index (Phi) is 4.50. The molecule has 5 heteroatoms. The molecule has 0 spiro atoms. The highest BCUT2D eigenvalue weighted by molar-refractivity contribution is 5.85. The number of fused-ring (bicyclic) bond motifs is 1. The first-order chi connectivity index (χ1) is 13.1. The van der Waals surface area contributed by atoms with Crippen LogP contribution in [0.5, 0.6) is 0 Å². The molecule has 134 valence electrons. The zero-order valence-corrected chi connectivity index (χ0v) is 15.2. The molecule has 0 bridgehead atoms. The van der Waals surface area contributed by atoms with E-state index in [-0.39, 0.29) is 5.82 Å². The zero-order valence-electron chi connectivity index (χ0n) is 15.2. The Labute approximate surface area is 157 Å². The number of nitrogens with zero attached hydrogens (tertiary/aromatic N) is 4. The number of anilines is 1. The van der Waals surface area contributed by atoms with Gasteiger partial charge in [0.15, 0.2) is 5.82 Å². The minimum atomic E-state index is -0.272. The van der Waals surface area contributed by atoms with Gasteiger partial charge in [0.25, 0.3) is 0 Å². The second kappa shape index (κ2) is 7.11. The van der Waals surface area contributed by atoms with Gasteiger partial charge in [-0.3, -0.25) is 4.98 Å². The van der Waals surface area contributed by atoms with Gasteiger partial charge < -0.3 is 4.90 Å². The standard InChI is InChI=1S/C22H19FN4/c1-15-6-5-8-19-20(15)26-22(27(2)14-18-7-3-4-13-24-18)21(25-19)16-9-11-17(23)12-10-16/h3-13H,14H2,1-2H3. The van der Waals surface area contributed by atoms with Gasteiger partial charge in [-0.2, -0.15) is 0 Å². The largest absolute Gasteiger partial charge is 0.352 e. The molecule has 0 unspecified atom stereocenters. The van der Waals surface area contributed by atoms with Crippen molar-refractivity contribution in [1.29, 1.82) is 0 Å². The smallest absolute Gasteiger partial charge is 0.156 e. The van der Waals surface area contributed by atoms with Crippen LogP contribution in [0.2, 0.25) is 0 Å². The highest BCUT2D eigenvalue weighted by Crippen LogP contribution is 2.30. The molecule has 4 aromatic rings. The molecule has 27 heavy (non-hydrogen) atoms. The Balaban J connectivity index is 1.86. The molecule has 4 rings (SSSR count). The highest BCUT2D eigenvalue weighted by atomic mass is 19.1. The Hall–Kier alpha value is -3.34. The van der Waals surface area contributed by atoms with Gasteiger partial charge in [-0.1, -0.05) is 18.2 Å². The second-order valence-electron chi connectivity index (χ2n) is 6.52. The predicted molar refractivity (Wildman–Crippen MR) is 106 cm³/mol. The summed E-state index contributed by atoms with van der Waals surface area (Å²) in [6.45, 7) is 2.62. The highest BCUT2D eigenvalue weighted by Gasteiger charge is 2.16. The van der Waals surface area contributed by atoms with Crippen molar-refractivity contribution in [3.63, 3.8) is 0 Å². The Morgan fingerprint density at radius 2 is 1.74 bits per heavy atom. The number of rotatable bonds is 4. The molecule has 0 saturated carbocycles. The van der Waals surface area contributed by atoms with Gasteiger partial charge in [-0.05, 0) is 55.0 Å². The van der Waals surface area contributed by atoms with Gasteiger partial charge in [0.2, 0.25) is 0 Å². The van der Waals surface area contributed by atoms with Crippen LogP contribution in [-0.2, 0) is 6.54 Å². The monoisotopic (exact) mass is 358 g/mol. The fraction of sp³-hybridized carbons (Fsp3) is 0.136. The Morgan fingerprint density at radius 1 is 0.926 bits per heavy atom. The molecule has 0 aliphatic carbocycles. The maximum atomic E-state index is 13.4. The predicted octanol–water partition coefficient (Wildman–Crippen LogP) is 4.78. The Bertz CT molecular complexity index is 1080. The van der Waals surface area contributed by atoms with Crippen molar-refractivity contribution < 1.29 is 4.39 Å². The molecule has 0 saturated heterocycles. The first-order valence-corrected chi connectivity index (χ1v) is 8.76. The van der Waals surface area contributed by atoms with Crippen LogP contribution in [0.15, 0.2) is 66.9 Å². The minimum Gasteiger partial charge on any atom is -0.352 e. The topological polar surface area (TPSA) is 41.9 Å². The summed E-state index contributed by atoms with van der Waals surface area (Å²) in [6.07, 6.45) is 1.78. The van der Waals surface area contributed by atoms with Gasteiger partial charge in [-0.25, -0.2) is 14.4 Å². The number of benzene rings is 2. The van der Waals surface area contributed by atoms with E-state index >= 15 is 0 Å². The van der Waals surface area contributed by atoms with Gasteiger partial charge in [0.05, 0.1) is 23.3 Å². The van der Waals surface area contributed by atoms with Crippen LogP contribution in [-0.4, -0.2) is 22.0 Å². The molecule has 0 amide bonds. The fourth-order valence-corrected chi connectivity index (χ4v) is 3.09.